The molecule has 1 fully saturated rings. The van der Waals surface area contributed by atoms with Gasteiger partial charge in [0.05, 0.1) is 15.6 Å². The number of hydrogen-bond donors (Lipinski definition) is 2. The van der Waals surface area contributed by atoms with Crippen LogP contribution >= 0.6 is 11.6 Å². The molecule has 0 radical (unpaired) electrons. The van der Waals surface area contributed by atoms with E-state index in [-0.39, 0.29) is 10.8 Å². The third-order valence-electron chi connectivity index (χ3n) is 4.26. The Morgan fingerprint density at radius 3 is 2.80 bits per heavy atom. The summed E-state index contributed by atoms with van der Waals surface area (Å²) in [6.45, 7) is 5.52. The van der Waals surface area contributed by atoms with E-state index in [1.807, 2.05) is 0 Å². The van der Waals surface area contributed by atoms with Gasteiger partial charge in [-0.3, -0.25) is 9.69 Å². The summed E-state index contributed by atoms with van der Waals surface area (Å²) >= 11 is 6.10. The quantitative estimate of drug-likeness (QED) is 0.765. The minimum Gasteiger partial charge on any atom is -0.325 e. The summed E-state index contributed by atoms with van der Waals surface area (Å²) in [6.07, 6.45) is 0.325. The van der Waals surface area contributed by atoms with E-state index in [0.29, 0.717) is 29.7 Å². The summed E-state index contributed by atoms with van der Waals surface area (Å²) in [7, 11) is -0.670. The Hall–Kier alpha value is -1.19. The highest BCUT2D eigenvalue weighted by Crippen LogP contribution is 2.26. The third kappa shape index (κ3) is 5.15. The van der Waals surface area contributed by atoms with Crippen LogP contribution in [0.1, 0.15) is 13.3 Å². The summed E-state index contributed by atoms with van der Waals surface area (Å²) in [5.41, 5.74) is 0.308. The zero-order valence-electron chi connectivity index (χ0n) is 14.8. The lowest BCUT2D eigenvalue weighted by molar-refractivity contribution is -0.116. The maximum atomic E-state index is 12.2. The molecule has 0 unspecified atom stereocenters. The van der Waals surface area contributed by atoms with Gasteiger partial charge in [0.2, 0.25) is 15.9 Å². The summed E-state index contributed by atoms with van der Waals surface area (Å²) in [4.78, 5) is 14.6. The molecule has 2 rings (SSSR count). The molecule has 0 aliphatic carbocycles. The molecule has 140 valence electrons. The summed E-state index contributed by atoms with van der Waals surface area (Å²) < 4.78 is 25.5. The van der Waals surface area contributed by atoms with E-state index in [9.17, 15) is 13.2 Å². The van der Waals surface area contributed by atoms with Gasteiger partial charge in [-0.2, -0.15) is 0 Å². The molecule has 0 saturated carbocycles. The van der Waals surface area contributed by atoms with Crippen molar-refractivity contribution in [2.24, 2.45) is 0 Å². The monoisotopic (exact) mass is 388 g/mol. The highest BCUT2D eigenvalue weighted by Gasteiger charge is 2.20. The van der Waals surface area contributed by atoms with Crippen LogP contribution in [-0.2, 0) is 14.8 Å². The lowest BCUT2D eigenvalue weighted by atomic mass is 10.2. The Kier molecular flexibility index (Phi) is 6.81. The molecule has 1 aliphatic rings. The fourth-order valence-corrected chi connectivity index (χ4v) is 3.74. The number of carbonyl (C=O) groups excluding carboxylic acids is 1. The van der Waals surface area contributed by atoms with Gasteiger partial charge in [-0.05, 0) is 25.1 Å². The van der Waals surface area contributed by atoms with Crippen LogP contribution < -0.4 is 10.6 Å². The van der Waals surface area contributed by atoms with Crippen molar-refractivity contribution in [3.8, 4) is 0 Å². The molecular formula is C16H25ClN4O3S. The molecule has 0 spiro atoms. The number of amides is 1. The van der Waals surface area contributed by atoms with Gasteiger partial charge in [0.15, 0.2) is 0 Å². The Labute approximate surface area is 154 Å². The second-order valence-corrected chi connectivity index (χ2v) is 8.88. The van der Waals surface area contributed by atoms with Crippen molar-refractivity contribution in [3.05, 3.63) is 23.2 Å². The van der Waals surface area contributed by atoms with E-state index in [2.05, 4.69) is 22.5 Å². The van der Waals surface area contributed by atoms with Crippen LogP contribution in [0.2, 0.25) is 5.02 Å². The van der Waals surface area contributed by atoms with Crippen molar-refractivity contribution in [1.82, 2.24) is 14.5 Å². The first kappa shape index (κ1) is 20.1. The van der Waals surface area contributed by atoms with Gasteiger partial charge in [0.1, 0.15) is 0 Å². The molecule has 1 saturated heterocycles. The first-order valence-corrected chi connectivity index (χ1v) is 10.0. The van der Waals surface area contributed by atoms with E-state index in [0.717, 1.165) is 23.9 Å². The first-order chi connectivity index (χ1) is 11.7. The summed E-state index contributed by atoms with van der Waals surface area (Å²) in [5.74, 6) is -0.188. The average molecular weight is 389 g/mol. The SMILES string of the molecule is C[C@@H]1CNCCN1CCC(=O)Nc1cc(S(=O)(=O)N(C)C)ccc1Cl. The number of sulfonamides is 1. The van der Waals surface area contributed by atoms with Crippen LogP contribution in [0.5, 0.6) is 0 Å². The number of piperazine rings is 1. The van der Waals surface area contributed by atoms with Crippen LogP contribution in [-0.4, -0.2) is 69.8 Å². The third-order valence-corrected chi connectivity index (χ3v) is 6.40. The van der Waals surface area contributed by atoms with Gasteiger partial charge in [-0.15, -0.1) is 0 Å². The molecule has 7 nitrogen and oxygen atoms in total. The van der Waals surface area contributed by atoms with Crippen molar-refractivity contribution in [2.45, 2.75) is 24.3 Å². The van der Waals surface area contributed by atoms with Crippen molar-refractivity contribution in [1.29, 1.82) is 0 Å². The van der Waals surface area contributed by atoms with Gasteiger partial charge < -0.3 is 10.6 Å². The number of hydrogen-bond acceptors (Lipinski definition) is 5. The molecule has 0 aromatic heterocycles. The van der Waals surface area contributed by atoms with Crippen molar-refractivity contribution >= 4 is 33.2 Å². The van der Waals surface area contributed by atoms with E-state index >= 15 is 0 Å². The second-order valence-electron chi connectivity index (χ2n) is 6.32. The predicted octanol–water partition coefficient (Wildman–Crippen LogP) is 1.21. The van der Waals surface area contributed by atoms with E-state index in [1.165, 1.54) is 32.3 Å². The molecule has 1 heterocycles. The van der Waals surface area contributed by atoms with E-state index in [1.54, 1.807) is 0 Å². The van der Waals surface area contributed by atoms with Gasteiger partial charge >= 0.3 is 0 Å². The Morgan fingerprint density at radius 2 is 2.16 bits per heavy atom. The molecule has 9 heteroatoms. The highest BCUT2D eigenvalue weighted by molar-refractivity contribution is 7.89. The normalized spacial score (nSPS) is 19.2. The molecule has 1 aliphatic heterocycles. The van der Waals surface area contributed by atoms with Gasteiger partial charge in [0.25, 0.3) is 0 Å². The molecule has 25 heavy (non-hydrogen) atoms. The minimum atomic E-state index is -3.58. The molecule has 1 aromatic rings. The van der Waals surface area contributed by atoms with E-state index in [4.69, 9.17) is 11.6 Å². The highest BCUT2D eigenvalue weighted by atomic mass is 35.5. The Balaban J connectivity index is 2.02. The predicted molar refractivity (Wildman–Crippen MR) is 99.5 cm³/mol. The average Bonchev–Trinajstić information content (AvgIpc) is 2.55. The molecule has 1 atom stereocenters. The number of halogens is 1. The molecular weight excluding hydrogens is 364 g/mol. The standard InChI is InChI=1S/C16H25ClN4O3S/c1-12-11-18-7-9-21(12)8-6-16(22)19-15-10-13(4-5-14(15)17)25(23,24)20(2)3/h4-5,10,12,18H,6-9,11H2,1-3H3,(H,19,22)/t12-/m1/s1. The second kappa shape index (κ2) is 8.46. The zero-order valence-corrected chi connectivity index (χ0v) is 16.3. The molecule has 0 bridgehead atoms. The van der Waals surface area contributed by atoms with Crippen LogP contribution in [0.3, 0.4) is 0 Å². The van der Waals surface area contributed by atoms with Crippen LogP contribution in [0.25, 0.3) is 0 Å². The Bertz CT molecular complexity index is 724. The van der Waals surface area contributed by atoms with Crippen molar-refractivity contribution in [3.63, 3.8) is 0 Å². The van der Waals surface area contributed by atoms with Crippen LogP contribution in [0.15, 0.2) is 23.1 Å². The van der Waals surface area contributed by atoms with Crippen molar-refractivity contribution in [2.75, 3.05) is 45.6 Å². The smallest absolute Gasteiger partial charge is 0.242 e. The topological polar surface area (TPSA) is 81.8 Å². The first-order valence-electron chi connectivity index (χ1n) is 8.18. The summed E-state index contributed by atoms with van der Waals surface area (Å²) in [6, 6.07) is 4.68. The minimum absolute atomic E-state index is 0.0907. The lowest BCUT2D eigenvalue weighted by Crippen LogP contribution is -2.50. The van der Waals surface area contributed by atoms with E-state index < -0.39 is 10.0 Å². The number of rotatable bonds is 6. The number of benzene rings is 1. The van der Waals surface area contributed by atoms with Gasteiger partial charge in [-0.25, -0.2) is 12.7 Å². The lowest BCUT2D eigenvalue weighted by Gasteiger charge is -2.33. The van der Waals surface area contributed by atoms with Crippen LogP contribution in [0, 0.1) is 0 Å². The zero-order chi connectivity index (χ0) is 18.6. The number of nitrogens with one attached hydrogen (secondary N) is 2. The van der Waals surface area contributed by atoms with Gasteiger partial charge in [0, 0.05) is 52.7 Å². The maximum Gasteiger partial charge on any atom is 0.242 e. The fourth-order valence-electron chi connectivity index (χ4n) is 2.64. The largest absolute Gasteiger partial charge is 0.325 e. The number of anilines is 1. The Morgan fingerprint density at radius 1 is 1.44 bits per heavy atom. The van der Waals surface area contributed by atoms with Gasteiger partial charge in [-0.1, -0.05) is 11.6 Å². The molecule has 2 N–H and O–H groups in total. The summed E-state index contributed by atoms with van der Waals surface area (Å²) in [5, 5.41) is 6.34. The molecule has 1 aromatic carbocycles. The van der Waals surface area contributed by atoms with Crippen molar-refractivity contribution < 1.29 is 13.2 Å². The molecule has 1 amide bonds. The van der Waals surface area contributed by atoms with Crippen LogP contribution in [0.4, 0.5) is 5.69 Å². The number of nitrogens with zero attached hydrogens (tertiary/aromatic N) is 2. The fraction of sp³-hybridized carbons (Fsp3) is 0.562. The number of carbonyl (C=O) groups is 1. The maximum absolute atomic E-state index is 12.2.